The largest absolute Gasteiger partial charge is 0.481 e. The SMILES string of the molecule is Cc1ccc(C(CC(=O)O)N2CCCC2)cn1. The second-order valence-corrected chi connectivity index (χ2v) is 4.59. The first kappa shape index (κ1) is 12.0. The lowest BCUT2D eigenvalue weighted by atomic mass is 10.0. The number of carboxylic acid groups (broad SMARTS) is 1. The second kappa shape index (κ2) is 5.27. The molecule has 1 fully saturated rings. The molecule has 17 heavy (non-hydrogen) atoms. The lowest BCUT2D eigenvalue weighted by Crippen LogP contribution is -2.27. The summed E-state index contributed by atoms with van der Waals surface area (Å²) in [6, 6.07) is 3.91. The van der Waals surface area contributed by atoms with Gasteiger partial charge in [-0.2, -0.15) is 0 Å². The van der Waals surface area contributed by atoms with Crippen molar-refractivity contribution in [3.05, 3.63) is 29.6 Å². The Morgan fingerprint density at radius 1 is 1.47 bits per heavy atom. The molecule has 4 nitrogen and oxygen atoms in total. The number of likely N-dealkylation sites (tertiary alicyclic amines) is 1. The topological polar surface area (TPSA) is 53.4 Å². The number of carboxylic acids is 1. The van der Waals surface area contributed by atoms with Crippen LogP contribution in [0.15, 0.2) is 18.3 Å². The molecule has 2 heterocycles. The van der Waals surface area contributed by atoms with Gasteiger partial charge >= 0.3 is 5.97 Å². The van der Waals surface area contributed by atoms with Gasteiger partial charge in [0, 0.05) is 17.9 Å². The van der Waals surface area contributed by atoms with Gasteiger partial charge < -0.3 is 5.11 Å². The van der Waals surface area contributed by atoms with Crippen molar-refractivity contribution in [3.63, 3.8) is 0 Å². The Hall–Kier alpha value is -1.42. The highest BCUT2D eigenvalue weighted by atomic mass is 16.4. The molecule has 0 bridgehead atoms. The Bertz CT molecular complexity index is 383. The average molecular weight is 234 g/mol. The number of aryl methyl sites for hydroxylation is 1. The molecule has 1 N–H and O–H groups in total. The monoisotopic (exact) mass is 234 g/mol. The van der Waals surface area contributed by atoms with Crippen molar-refractivity contribution in [3.8, 4) is 0 Å². The summed E-state index contributed by atoms with van der Waals surface area (Å²) in [6.45, 7) is 3.92. The van der Waals surface area contributed by atoms with Crippen molar-refractivity contribution in [2.45, 2.75) is 32.2 Å². The number of rotatable bonds is 4. The quantitative estimate of drug-likeness (QED) is 0.865. The lowest BCUT2D eigenvalue weighted by Gasteiger charge is -2.26. The fourth-order valence-corrected chi connectivity index (χ4v) is 2.35. The van der Waals surface area contributed by atoms with Gasteiger partial charge in [0.05, 0.1) is 6.42 Å². The van der Waals surface area contributed by atoms with Gasteiger partial charge in [-0.3, -0.25) is 14.7 Å². The minimum atomic E-state index is -0.748. The molecule has 92 valence electrons. The molecule has 1 saturated heterocycles. The third-order valence-electron chi connectivity index (χ3n) is 3.27. The van der Waals surface area contributed by atoms with Crippen molar-refractivity contribution in [1.29, 1.82) is 0 Å². The minimum absolute atomic E-state index is 0.0249. The van der Waals surface area contributed by atoms with E-state index in [1.807, 2.05) is 19.1 Å². The van der Waals surface area contributed by atoms with E-state index in [0.29, 0.717) is 0 Å². The van der Waals surface area contributed by atoms with Crippen LogP contribution in [0.3, 0.4) is 0 Å². The Morgan fingerprint density at radius 3 is 2.71 bits per heavy atom. The molecule has 4 heteroatoms. The summed E-state index contributed by atoms with van der Waals surface area (Å²) in [5, 5.41) is 9.01. The van der Waals surface area contributed by atoms with Crippen LogP contribution in [0, 0.1) is 6.92 Å². The van der Waals surface area contributed by atoms with Crippen molar-refractivity contribution in [2.24, 2.45) is 0 Å². The number of hydrogen-bond acceptors (Lipinski definition) is 3. The Labute approximate surface area is 101 Å². The molecule has 0 aromatic carbocycles. The molecule has 0 spiro atoms. The Morgan fingerprint density at radius 2 is 2.18 bits per heavy atom. The van der Waals surface area contributed by atoms with Crippen LogP contribution in [0.2, 0.25) is 0 Å². The summed E-state index contributed by atoms with van der Waals surface area (Å²) in [7, 11) is 0. The standard InChI is InChI=1S/C13H18N2O2/c1-10-4-5-11(9-14-10)12(8-13(16)17)15-6-2-3-7-15/h4-5,9,12H,2-3,6-8H2,1H3,(H,16,17). The third-order valence-corrected chi connectivity index (χ3v) is 3.27. The number of nitrogens with zero attached hydrogens (tertiary/aromatic N) is 2. The van der Waals surface area contributed by atoms with E-state index in [0.717, 1.165) is 37.2 Å². The first-order valence-corrected chi connectivity index (χ1v) is 6.05. The highest BCUT2D eigenvalue weighted by Crippen LogP contribution is 2.27. The molecule has 1 aromatic heterocycles. The molecular weight excluding hydrogens is 216 g/mol. The van der Waals surface area contributed by atoms with Gasteiger partial charge in [-0.25, -0.2) is 0 Å². The molecule has 0 radical (unpaired) electrons. The van der Waals surface area contributed by atoms with Gasteiger partial charge in [-0.15, -0.1) is 0 Å². The normalized spacial score (nSPS) is 18.2. The van der Waals surface area contributed by atoms with Gasteiger partial charge in [0.15, 0.2) is 0 Å². The maximum Gasteiger partial charge on any atom is 0.305 e. The van der Waals surface area contributed by atoms with Crippen molar-refractivity contribution < 1.29 is 9.90 Å². The van der Waals surface area contributed by atoms with Crippen LogP contribution in [-0.2, 0) is 4.79 Å². The van der Waals surface area contributed by atoms with Crippen LogP contribution in [0.1, 0.15) is 36.6 Å². The first-order chi connectivity index (χ1) is 8.16. The fraction of sp³-hybridized carbons (Fsp3) is 0.538. The van der Waals surface area contributed by atoms with E-state index in [-0.39, 0.29) is 12.5 Å². The molecule has 0 amide bonds. The van der Waals surface area contributed by atoms with Crippen LogP contribution in [0.4, 0.5) is 0 Å². The minimum Gasteiger partial charge on any atom is -0.481 e. The molecule has 2 rings (SSSR count). The molecule has 1 aliphatic rings. The van der Waals surface area contributed by atoms with E-state index in [1.54, 1.807) is 6.20 Å². The molecule has 1 unspecified atom stereocenters. The number of pyridine rings is 1. The van der Waals surface area contributed by atoms with Crippen LogP contribution in [0.25, 0.3) is 0 Å². The number of aromatic nitrogens is 1. The summed E-state index contributed by atoms with van der Waals surface area (Å²) >= 11 is 0. The fourth-order valence-electron chi connectivity index (χ4n) is 2.35. The summed E-state index contributed by atoms with van der Waals surface area (Å²) in [5.41, 5.74) is 1.98. The summed E-state index contributed by atoms with van der Waals surface area (Å²) in [6.07, 6.45) is 4.29. The van der Waals surface area contributed by atoms with E-state index in [4.69, 9.17) is 5.11 Å². The number of hydrogen-bond donors (Lipinski definition) is 1. The van der Waals surface area contributed by atoms with Gasteiger partial charge in [-0.1, -0.05) is 6.07 Å². The first-order valence-electron chi connectivity index (χ1n) is 6.05. The van der Waals surface area contributed by atoms with Crippen LogP contribution >= 0.6 is 0 Å². The zero-order valence-corrected chi connectivity index (χ0v) is 10.1. The van der Waals surface area contributed by atoms with Gasteiger partial charge in [-0.05, 0) is 44.5 Å². The van der Waals surface area contributed by atoms with Crippen LogP contribution in [-0.4, -0.2) is 34.0 Å². The smallest absolute Gasteiger partial charge is 0.305 e. The second-order valence-electron chi connectivity index (χ2n) is 4.59. The number of carbonyl (C=O) groups is 1. The molecule has 0 saturated carbocycles. The zero-order chi connectivity index (χ0) is 12.3. The summed E-state index contributed by atoms with van der Waals surface area (Å²) in [5.74, 6) is -0.748. The van der Waals surface area contributed by atoms with Crippen LogP contribution < -0.4 is 0 Å². The van der Waals surface area contributed by atoms with Gasteiger partial charge in [0.25, 0.3) is 0 Å². The van der Waals surface area contributed by atoms with E-state index < -0.39 is 5.97 Å². The van der Waals surface area contributed by atoms with Gasteiger partial charge in [0.2, 0.25) is 0 Å². The van der Waals surface area contributed by atoms with E-state index in [2.05, 4.69) is 9.88 Å². The van der Waals surface area contributed by atoms with Crippen molar-refractivity contribution >= 4 is 5.97 Å². The molecule has 1 aliphatic heterocycles. The number of aliphatic carboxylic acids is 1. The molecule has 1 aromatic rings. The Kier molecular flexibility index (Phi) is 3.74. The molecule has 1 atom stereocenters. The molecule has 0 aliphatic carbocycles. The van der Waals surface area contributed by atoms with E-state index >= 15 is 0 Å². The van der Waals surface area contributed by atoms with Crippen molar-refractivity contribution in [2.75, 3.05) is 13.1 Å². The Balaban J connectivity index is 2.19. The van der Waals surface area contributed by atoms with Gasteiger partial charge in [0.1, 0.15) is 0 Å². The van der Waals surface area contributed by atoms with Crippen LogP contribution in [0.5, 0.6) is 0 Å². The maximum absolute atomic E-state index is 11.0. The maximum atomic E-state index is 11.0. The molecular formula is C13H18N2O2. The highest BCUT2D eigenvalue weighted by molar-refractivity contribution is 5.67. The van der Waals surface area contributed by atoms with E-state index in [1.165, 1.54) is 0 Å². The predicted octanol–water partition coefficient (Wildman–Crippen LogP) is 2.00. The van der Waals surface area contributed by atoms with Crippen molar-refractivity contribution in [1.82, 2.24) is 9.88 Å². The predicted molar refractivity (Wildman–Crippen MR) is 64.8 cm³/mol. The third kappa shape index (κ3) is 3.03. The summed E-state index contributed by atoms with van der Waals surface area (Å²) in [4.78, 5) is 17.5. The zero-order valence-electron chi connectivity index (χ0n) is 10.1. The average Bonchev–Trinajstić information content (AvgIpc) is 2.80. The highest BCUT2D eigenvalue weighted by Gasteiger charge is 2.25. The lowest BCUT2D eigenvalue weighted by molar-refractivity contribution is -0.138. The van der Waals surface area contributed by atoms with E-state index in [9.17, 15) is 4.79 Å². The summed E-state index contributed by atoms with van der Waals surface area (Å²) < 4.78 is 0.